The van der Waals surface area contributed by atoms with E-state index in [1.54, 1.807) is 6.92 Å². The lowest BCUT2D eigenvalue weighted by Gasteiger charge is -2.09. The van der Waals surface area contributed by atoms with Crippen molar-refractivity contribution in [3.05, 3.63) is 46.1 Å². The van der Waals surface area contributed by atoms with Crippen LogP contribution < -0.4 is 5.32 Å². The first-order valence-corrected chi connectivity index (χ1v) is 9.26. The van der Waals surface area contributed by atoms with Crippen molar-refractivity contribution in [2.45, 2.75) is 27.2 Å². The standard InChI is InChI=1S/C18H19N5O3S/c1-4-26-18(25)16-13(12-6-5-10(2)11(3)7-12)9-27-17(16)19-15(24)8-14-20-22-23-21-14/h5-7,9H,4,8H2,1-3H3,(H,19,24)(H,20,21,22,23). The van der Waals surface area contributed by atoms with E-state index in [0.29, 0.717) is 10.6 Å². The zero-order valence-electron chi connectivity index (χ0n) is 15.2. The van der Waals surface area contributed by atoms with Gasteiger partial charge >= 0.3 is 5.97 Å². The molecule has 3 rings (SSSR count). The maximum absolute atomic E-state index is 12.6. The fraction of sp³-hybridized carbons (Fsp3) is 0.278. The van der Waals surface area contributed by atoms with Crippen LogP contribution in [0.2, 0.25) is 0 Å². The zero-order valence-corrected chi connectivity index (χ0v) is 16.0. The molecular weight excluding hydrogens is 366 g/mol. The normalized spacial score (nSPS) is 10.6. The molecule has 27 heavy (non-hydrogen) atoms. The number of thiophene rings is 1. The third kappa shape index (κ3) is 4.20. The molecule has 0 spiro atoms. The summed E-state index contributed by atoms with van der Waals surface area (Å²) in [7, 11) is 0. The van der Waals surface area contributed by atoms with Gasteiger partial charge in [-0.1, -0.05) is 23.4 Å². The number of H-pyrrole nitrogens is 1. The van der Waals surface area contributed by atoms with Gasteiger partial charge in [0.05, 0.1) is 13.0 Å². The topological polar surface area (TPSA) is 110 Å². The van der Waals surface area contributed by atoms with Crippen molar-refractivity contribution in [1.29, 1.82) is 0 Å². The third-order valence-electron chi connectivity index (χ3n) is 4.05. The molecule has 140 valence electrons. The Morgan fingerprint density at radius 2 is 2.07 bits per heavy atom. The molecule has 1 aromatic carbocycles. The van der Waals surface area contributed by atoms with Crippen LogP contribution in [0.3, 0.4) is 0 Å². The fourth-order valence-corrected chi connectivity index (χ4v) is 3.52. The molecule has 9 heteroatoms. The fourth-order valence-electron chi connectivity index (χ4n) is 2.55. The maximum Gasteiger partial charge on any atom is 0.341 e. The average Bonchev–Trinajstić information content (AvgIpc) is 3.27. The molecule has 2 aromatic heterocycles. The van der Waals surface area contributed by atoms with E-state index in [9.17, 15) is 9.59 Å². The van der Waals surface area contributed by atoms with E-state index in [-0.39, 0.29) is 24.8 Å². The van der Waals surface area contributed by atoms with Gasteiger partial charge < -0.3 is 10.1 Å². The first kappa shape index (κ1) is 18.7. The molecule has 8 nitrogen and oxygen atoms in total. The predicted octanol–water partition coefficient (Wildman–Crippen LogP) is 2.90. The second-order valence-electron chi connectivity index (χ2n) is 5.93. The molecule has 0 aliphatic heterocycles. The SMILES string of the molecule is CCOC(=O)c1c(-c2ccc(C)c(C)c2)csc1NC(=O)Cc1nn[nH]n1. The number of nitrogens with zero attached hydrogens (tertiary/aromatic N) is 3. The lowest BCUT2D eigenvalue weighted by Crippen LogP contribution is -2.17. The van der Waals surface area contributed by atoms with E-state index in [0.717, 1.165) is 16.7 Å². The summed E-state index contributed by atoms with van der Waals surface area (Å²) in [6, 6.07) is 5.98. The minimum atomic E-state index is -0.471. The lowest BCUT2D eigenvalue weighted by molar-refractivity contribution is -0.115. The minimum Gasteiger partial charge on any atom is -0.462 e. The number of hydrogen-bond donors (Lipinski definition) is 2. The van der Waals surface area contributed by atoms with Crippen molar-refractivity contribution in [3.63, 3.8) is 0 Å². The first-order chi connectivity index (χ1) is 13.0. The molecule has 0 saturated heterocycles. The van der Waals surface area contributed by atoms with Gasteiger partial charge in [0.25, 0.3) is 0 Å². The smallest absolute Gasteiger partial charge is 0.341 e. The van der Waals surface area contributed by atoms with Crippen LogP contribution in [-0.2, 0) is 16.0 Å². The molecule has 2 heterocycles. The Balaban J connectivity index is 1.93. The molecule has 0 atom stereocenters. The van der Waals surface area contributed by atoms with Crippen LogP contribution in [0, 0.1) is 13.8 Å². The maximum atomic E-state index is 12.6. The highest BCUT2D eigenvalue weighted by Gasteiger charge is 2.23. The number of ether oxygens (including phenoxy) is 1. The molecule has 1 amide bonds. The quantitative estimate of drug-likeness (QED) is 0.631. The van der Waals surface area contributed by atoms with Gasteiger partial charge in [0, 0.05) is 10.9 Å². The van der Waals surface area contributed by atoms with E-state index in [4.69, 9.17) is 4.74 Å². The van der Waals surface area contributed by atoms with Crippen LogP contribution in [0.5, 0.6) is 0 Å². The number of carbonyl (C=O) groups excluding carboxylic acids is 2. The predicted molar refractivity (Wildman–Crippen MR) is 102 cm³/mol. The van der Waals surface area contributed by atoms with E-state index in [1.807, 2.05) is 37.4 Å². The van der Waals surface area contributed by atoms with Crippen molar-refractivity contribution in [3.8, 4) is 11.1 Å². The highest BCUT2D eigenvalue weighted by atomic mass is 32.1. The number of aromatic nitrogens is 4. The van der Waals surface area contributed by atoms with Crippen LogP contribution in [0.25, 0.3) is 11.1 Å². The van der Waals surface area contributed by atoms with Crippen molar-refractivity contribution in [2.75, 3.05) is 11.9 Å². The number of tetrazole rings is 1. The van der Waals surface area contributed by atoms with E-state index in [1.165, 1.54) is 16.9 Å². The van der Waals surface area contributed by atoms with Gasteiger partial charge in [-0.25, -0.2) is 4.79 Å². The van der Waals surface area contributed by atoms with Gasteiger partial charge in [-0.15, -0.1) is 21.5 Å². The molecule has 0 radical (unpaired) electrons. The Morgan fingerprint density at radius 1 is 1.26 bits per heavy atom. The summed E-state index contributed by atoms with van der Waals surface area (Å²) < 4.78 is 5.21. The number of aryl methyl sites for hydroxylation is 2. The monoisotopic (exact) mass is 385 g/mol. The van der Waals surface area contributed by atoms with E-state index < -0.39 is 5.97 Å². The molecular formula is C18H19N5O3S. The Kier molecular flexibility index (Phi) is 5.60. The molecule has 0 unspecified atom stereocenters. The summed E-state index contributed by atoms with van der Waals surface area (Å²) in [6.07, 6.45) is -0.0460. The third-order valence-corrected chi connectivity index (χ3v) is 4.94. The van der Waals surface area contributed by atoms with Crippen LogP contribution in [-0.4, -0.2) is 39.1 Å². The number of amides is 1. The van der Waals surface area contributed by atoms with Crippen molar-refractivity contribution < 1.29 is 14.3 Å². The largest absolute Gasteiger partial charge is 0.462 e. The molecule has 0 bridgehead atoms. The Morgan fingerprint density at radius 3 is 2.74 bits per heavy atom. The van der Waals surface area contributed by atoms with Crippen molar-refractivity contribution >= 4 is 28.2 Å². The highest BCUT2D eigenvalue weighted by molar-refractivity contribution is 7.15. The molecule has 0 saturated carbocycles. The number of hydrogen-bond acceptors (Lipinski definition) is 7. The number of rotatable bonds is 6. The van der Waals surface area contributed by atoms with Crippen LogP contribution in [0.4, 0.5) is 5.00 Å². The summed E-state index contributed by atoms with van der Waals surface area (Å²) in [6.45, 7) is 6.04. The van der Waals surface area contributed by atoms with E-state index >= 15 is 0 Å². The van der Waals surface area contributed by atoms with Crippen LogP contribution in [0.1, 0.15) is 34.2 Å². The number of anilines is 1. The van der Waals surface area contributed by atoms with Gasteiger partial charge in [0.2, 0.25) is 5.91 Å². The number of esters is 1. The Bertz CT molecular complexity index is 966. The van der Waals surface area contributed by atoms with Gasteiger partial charge in [-0.05, 0) is 37.5 Å². The second kappa shape index (κ2) is 8.09. The van der Waals surface area contributed by atoms with Crippen molar-refractivity contribution in [2.24, 2.45) is 0 Å². The van der Waals surface area contributed by atoms with Gasteiger partial charge in [0.15, 0.2) is 5.82 Å². The van der Waals surface area contributed by atoms with E-state index in [2.05, 4.69) is 25.9 Å². The number of carbonyl (C=O) groups is 2. The Labute approximate surface area is 160 Å². The summed E-state index contributed by atoms with van der Waals surface area (Å²) in [5.74, 6) is -0.534. The summed E-state index contributed by atoms with van der Waals surface area (Å²) in [5, 5.41) is 18.3. The summed E-state index contributed by atoms with van der Waals surface area (Å²) in [5.41, 5.74) is 4.27. The zero-order chi connectivity index (χ0) is 19.4. The first-order valence-electron chi connectivity index (χ1n) is 8.38. The van der Waals surface area contributed by atoms with Crippen LogP contribution >= 0.6 is 11.3 Å². The number of aromatic amines is 1. The molecule has 0 fully saturated rings. The Hall–Kier alpha value is -3.07. The summed E-state index contributed by atoms with van der Waals surface area (Å²) >= 11 is 1.28. The summed E-state index contributed by atoms with van der Waals surface area (Å²) in [4.78, 5) is 24.8. The molecule has 0 aliphatic carbocycles. The molecule has 3 aromatic rings. The van der Waals surface area contributed by atoms with Crippen molar-refractivity contribution in [1.82, 2.24) is 20.6 Å². The van der Waals surface area contributed by atoms with Gasteiger partial charge in [-0.2, -0.15) is 5.21 Å². The van der Waals surface area contributed by atoms with Gasteiger partial charge in [-0.3, -0.25) is 4.79 Å². The number of nitrogens with one attached hydrogen (secondary N) is 2. The highest BCUT2D eigenvalue weighted by Crippen LogP contribution is 2.37. The minimum absolute atomic E-state index is 0.0460. The average molecular weight is 385 g/mol. The molecule has 2 N–H and O–H groups in total. The second-order valence-corrected chi connectivity index (χ2v) is 6.81. The number of benzene rings is 1. The molecule has 0 aliphatic rings. The van der Waals surface area contributed by atoms with Crippen LogP contribution in [0.15, 0.2) is 23.6 Å². The lowest BCUT2D eigenvalue weighted by atomic mass is 9.99. The van der Waals surface area contributed by atoms with Gasteiger partial charge in [0.1, 0.15) is 10.6 Å².